The van der Waals surface area contributed by atoms with E-state index >= 15 is 0 Å². The van der Waals surface area contributed by atoms with Crippen LogP contribution in [0.1, 0.15) is 24.4 Å². The van der Waals surface area contributed by atoms with Gasteiger partial charge >= 0.3 is 6.72 Å². The van der Waals surface area contributed by atoms with Crippen molar-refractivity contribution in [2.45, 2.75) is 20.8 Å². The van der Waals surface area contributed by atoms with Crippen molar-refractivity contribution < 1.29 is 13.6 Å². The Morgan fingerprint density at radius 1 is 1.41 bits per heavy atom. The van der Waals surface area contributed by atoms with E-state index < -0.39 is 6.72 Å². The average Bonchev–Trinajstić information content (AvgIpc) is 2.58. The highest BCUT2D eigenvalue weighted by Crippen LogP contribution is 2.50. The first-order valence-electron chi connectivity index (χ1n) is 5.01. The van der Waals surface area contributed by atoms with Gasteiger partial charge in [0.2, 0.25) is 0 Å². The van der Waals surface area contributed by atoms with Crippen LogP contribution in [-0.2, 0) is 20.9 Å². The third-order valence-electron chi connectivity index (χ3n) is 1.64. The fraction of sp³-hybridized carbons (Fsp3) is 0.556. The summed E-state index contributed by atoms with van der Waals surface area (Å²) < 4.78 is 16.1. The zero-order valence-corrected chi connectivity index (χ0v) is 12.3. The van der Waals surface area contributed by atoms with Crippen molar-refractivity contribution >= 4 is 29.9 Å². The van der Waals surface area contributed by atoms with Crippen LogP contribution in [0.2, 0.25) is 0 Å². The Kier molecular flexibility index (Phi) is 5.50. The molecule has 0 atom stereocenters. The summed E-state index contributed by atoms with van der Waals surface area (Å²) >= 11 is 6.34. The zero-order valence-electron chi connectivity index (χ0n) is 9.80. The van der Waals surface area contributed by atoms with Gasteiger partial charge in [0.15, 0.2) is 0 Å². The Hall–Kier alpha value is -0.510. The van der Waals surface area contributed by atoms with Crippen molar-refractivity contribution in [3.63, 3.8) is 0 Å². The third kappa shape index (κ3) is 4.02. The molecule has 1 aromatic heterocycles. The molecule has 0 radical (unpaired) electrons. The summed E-state index contributed by atoms with van der Waals surface area (Å²) in [7, 11) is 0. The van der Waals surface area contributed by atoms with Gasteiger partial charge in [-0.25, -0.2) is 4.98 Å². The lowest BCUT2D eigenvalue weighted by atomic mass is 10.4. The summed E-state index contributed by atoms with van der Waals surface area (Å²) in [4.78, 5) is 4.61. The van der Waals surface area contributed by atoms with Crippen LogP contribution in [-0.4, -0.2) is 18.2 Å². The van der Waals surface area contributed by atoms with Crippen LogP contribution in [0.5, 0.6) is 5.19 Å². The van der Waals surface area contributed by atoms with E-state index in [1.807, 2.05) is 19.9 Å². The molecule has 0 aliphatic heterocycles. The summed E-state index contributed by atoms with van der Waals surface area (Å²) in [6.07, 6.45) is 0. The summed E-state index contributed by atoms with van der Waals surface area (Å²) in [5.41, 5.74) is 0.627. The molecule has 0 bridgehead atoms. The van der Waals surface area contributed by atoms with E-state index in [1.165, 1.54) is 0 Å². The largest absolute Gasteiger partial charge is 0.396 e. The van der Waals surface area contributed by atoms with Gasteiger partial charge in [0.1, 0.15) is 10.9 Å². The maximum atomic E-state index is 8.82. The Morgan fingerprint density at radius 2 is 2.00 bits per heavy atom. The summed E-state index contributed by atoms with van der Waals surface area (Å²) in [5.74, 6) is 0. The third-order valence-corrected chi connectivity index (χ3v) is 5.11. The number of hydrogen-bond donors (Lipinski definition) is 0. The number of nitriles is 1. The molecule has 0 saturated heterocycles. The number of thiazole rings is 1. The van der Waals surface area contributed by atoms with E-state index in [2.05, 4.69) is 4.98 Å². The SMILES string of the molecule is CCOP(=S)(OCC)Oc1nc(C)c(C#N)s1. The predicted molar refractivity (Wildman–Crippen MR) is 69.7 cm³/mol. The van der Waals surface area contributed by atoms with Gasteiger partial charge in [0.05, 0.1) is 18.9 Å². The molecular weight excluding hydrogens is 279 g/mol. The molecule has 1 rings (SSSR count). The Bertz CT molecular complexity index is 459. The first-order chi connectivity index (χ1) is 8.04. The summed E-state index contributed by atoms with van der Waals surface area (Å²) in [6.45, 7) is 3.41. The lowest BCUT2D eigenvalue weighted by Gasteiger charge is -2.18. The van der Waals surface area contributed by atoms with Gasteiger partial charge in [0, 0.05) is 11.8 Å². The van der Waals surface area contributed by atoms with Crippen molar-refractivity contribution in [2.24, 2.45) is 0 Å². The van der Waals surface area contributed by atoms with Gasteiger partial charge in [-0.15, -0.1) is 0 Å². The lowest BCUT2D eigenvalue weighted by Crippen LogP contribution is -2.01. The molecule has 0 aromatic carbocycles. The normalized spacial score (nSPS) is 11.2. The van der Waals surface area contributed by atoms with Crippen molar-refractivity contribution in [1.82, 2.24) is 4.98 Å². The molecule has 0 unspecified atom stereocenters. The second-order valence-corrected chi connectivity index (χ2v) is 6.78. The number of aryl methyl sites for hydroxylation is 1. The zero-order chi connectivity index (χ0) is 12.9. The highest BCUT2D eigenvalue weighted by Gasteiger charge is 2.23. The van der Waals surface area contributed by atoms with Crippen molar-refractivity contribution in [3.05, 3.63) is 10.6 Å². The molecular formula is C9H13N2O3PS2. The van der Waals surface area contributed by atoms with E-state index in [-0.39, 0.29) is 0 Å². The van der Waals surface area contributed by atoms with E-state index in [0.717, 1.165) is 11.3 Å². The Morgan fingerprint density at radius 3 is 2.41 bits per heavy atom. The van der Waals surface area contributed by atoms with Gasteiger partial charge in [0.25, 0.3) is 5.19 Å². The minimum atomic E-state index is -2.79. The minimum Gasteiger partial charge on any atom is -0.396 e. The molecule has 1 aromatic rings. The van der Waals surface area contributed by atoms with Crippen molar-refractivity contribution in [2.75, 3.05) is 13.2 Å². The highest BCUT2D eigenvalue weighted by atomic mass is 32.5. The average molecular weight is 292 g/mol. The van der Waals surface area contributed by atoms with E-state index in [4.69, 9.17) is 30.6 Å². The van der Waals surface area contributed by atoms with E-state index in [0.29, 0.717) is 29.0 Å². The molecule has 0 aliphatic carbocycles. The fourth-order valence-corrected chi connectivity index (χ4v) is 4.09. The molecule has 0 fully saturated rings. The van der Waals surface area contributed by atoms with Gasteiger partial charge in [-0.1, -0.05) is 11.3 Å². The standard InChI is InChI=1S/C9H13N2O3PS2/c1-4-12-15(16,13-5-2)14-9-11-7(3)8(6-10)17-9/h4-5H2,1-3H3. The Balaban J connectivity index is 2.86. The molecule has 8 heteroatoms. The van der Waals surface area contributed by atoms with Crippen LogP contribution < -0.4 is 4.52 Å². The van der Waals surface area contributed by atoms with Crippen LogP contribution in [0.15, 0.2) is 0 Å². The Labute approximate surface area is 110 Å². The minimum absolute atomic E-state index is 0.323. The van der Waals surface area contributed by atoms with E-state index in [1.54, 1.807) is 6.92 Å². The molecule has 0 saturated carbocycles. The lowest BCUT2D eigenvalue weighted by molar-refractivity contribution is 0.217. The number of hydrogen-bond acceptors (Lipinski definition) is 7. The molecule has 0 N–H and O–H groups in total. The monoisotopic (exact) mass is 292 g/mol. The van der Waals surface area contributed by atoms with Gasteiger partial charge in [-0.05, 0) is 20.8 Å². The van der Waals surface area contributed by atoms with Crippen LogP contribution in [0.4, 0.5) is 0 Å². The predicted octanol–water partition coefficient (Wildman–Crippen LogP) is 3.00. The van der Waals surface area contributed by atoms with Crippen molar-refractivity contribution in [1.29, 1.82) is 5.26 Å². The molecule has 17 heavy (non-hydrogen) atoms. The smallest absolute Gasteiger partial charge is 0.382 e. The molecule has 0 amide bonds. The van der Waals surface area contributed by atoms with Gasteiger partial charge in [-0.3, -0.25) is 9.05 Å². The second kappa shape index (κ2) is 6.43. The summed E-state index contributed by atoms with van der Waals surface area (Å²) in [5, 5.41) is 9.15. The first-order valence-corrected chi connectivity index (χ1v) is 8.38. The van der Waals surface area contributed by atoms with Crippen LogP contribution >= 0.6 is 18.1 Å². The molecule has 0 aliphatic rings. The highest BCUT2D eigenvalue weighted by molar-refractivity contribution is 8.07. The maximum absolute atomic E-state index is 8.82. The van der Waals surface area contributed by atoms with Crippen LogP contribution in [0.3, 0.4) is 0 Å². The number of rotatable bonds is 6. The molecule has 5 nitrogen and oxygen atoms in total. The van der Waals surface area contributed by atoms with Gasteiger partial charge in [-0.2, -0.15) is 5.26 Å². The maximum Gasteiger partial charge on any atom is 0.382 e. The quantitative estimate of drug-likeness (QED) is 0.751. The van der Waals surface area contributed by atoms with Crippen molar-refractivity contribution in [3.8, 4) is 11.3 Å². The van der Waals surface area contributed by atoms with Crippen LogP contribution in [0.25, 0.3) is 0 Å². The molecule has 94 valence electrons. The summed E-state index contributed by atoms with van der Waals surface area (Å²) in [6, 6.07) is 2.04. The molecule has 1 heterocycles. The topological polar surface area (TPSA) is 64.4 Å². The number of aromatic nitrogens is 1. The molecule has 0 spiro atoms. The van der Waals surface area contributed by atoms with Crippen LogP contribution in [0, 0.1) is 18.3 Å². The van der Waals surface area contributed by atoms with Gasteiger partial charge < -0.3 is 4.52 Å². The number of nitrogens with zero attached hydrogens (tertiary/aromatic N) is 2. The first kappa shape index (κ1) is 14.6. The van der Waals surface area contributed by atoms with E-state index in [9.17, 15) is 0 Å². The fourth-order valence-electron chi connectivity index (χ4n) is 1.02. The second-order valence-electron chi connectivity index (χ2n) is 2.88.